The SMILES string of the molecule is CC(C)CCCC(C)CC(C)(C)N. The Balaban J connectivity index is 3.46. The minimum atomic E-state index is 0.0112. The van der Waals surface area contributed by atoms with Crippen molar-refractivity contribution in [2.75, 3.05) is 0 Å². The average molecular weight is 185 g/mol. The Morgan fingerprint density at radius 1 is 1.08 bits per heavy atom. The van der Waals surface area contributed by atoms with Crippen molar-refractivity contribution < 1.29 is 0 Å². The van der Waals surface area contributed by atoms with Gasteiger partial charge in [-0.15, -0.1) is 0 Å². The van der Waals surface area contributed by atoms with Gasteiger partial charge in [0.05, 0.1) is 0 Å². The van der Waals surface area contributed by atoms with E-state index in [1.54, 1.807) is 0 Å². The second kappa shape index (κ2) is 5.64. The summed E-state index contributed by atoms with van der Waals surface area (Å²) in [5.74, 6) is 1.62. The van der Waals surface area contributed by atoms with E-state index in [-0.39, 0.29) is 5.54 Å². The number of hydrogen-bond donors (Lipinski definition) is 1. The van der Waals surface area contributed by atoms with Gasteiger partial charge in [-0.25, -0.2) is 0 Å². The smallest absolute Gasteiger partial charge is 0.00995 e. The summed E-state index contributed by atoms with van der Waals surface area (Å²) < 4.78 is 0. The van der Waals surface area contributed by atoms with Gasteiger partial charge in [-0.1, -0.05) is 40.0 Å². The Labute approximate surface area is 84.1 Å². The molecule has 13 heavy (non-hydrogen) atoms. The Kier molecular flexibility index (Phi) is 5.62. The third-order valence-corrected chi connectivity index (χ3v) is 2.35. The molecule has 1 atom stereocenters. The topological polar surface area (TPSA) is 26.0 Å². The minimum absolute atomic E-state index is 0.0112. The maximum atomic E-state index is 5.97. The van der Waals surface area contributed by atoms with E-state index in [4.69, 9.17) is 5.73 Å². The summed E-state index contributed by atoms with van der Waals surface area (Å²) in [6.45, 7) is 11.1. The molecule has 1 nitrogen and oxygen atoms in total. The van der Waals surface area contributed by atoms with Gasteiger partial charge in [-0.2, -0.15) is 0 Å². The Morgan fingerprint density at radius 3 is 2.00 bits per heavy atom. The molecule has 0 saturated heterocycles. The van der Waals surface area contributed by atoms with E-state index in [0.29, 0.717) is 0 Å². The first-order chi connectivity index (χ1) is 5.81. The second-order valence-corrected chi connectivity index (χ2v) is 5.62. The Bertz CT molecular complexity index is 122. The van der Waals surface area contributed by atoms with Crippen molar-refractivity contribution in [3.63, 3.8) is 0 Å². The second-order valence-electron chi connectivity index (χ2n) is 5.62. The number of nitrogens with two attached hydrogens (primary N) is 1. The largest absolute Gasteiger partial charge is 0.326 e. The maximum Gasteiger partial charge on any atom is 0.00995 e. The van der Waals surface area contributed by atoms with Crippen LogP contribution in [0, 0.1) is 11.8 Å². The zero-order valence-corrected chi connectivity index (χ0v) is 10.1. The lowest BCUT2D eigenvalue weighted by Gasteiger charge is -2.23. The molecule has 0 aromatic rings. The van der Waals surface area contributed by atoms with Crippen molar-refractivity contribution in [1.82, 2.24) is 0 Å². The van der Waals surface area contributed by atoms with Gasteiger partial charge in [-0.3, -0.25) is 0 Å². The molecule has 0 aromatic carbocycles. The van der Waals surface area contributed by atoms with Crippen LogP contribution in [0.4, 0.5) is 0 Å². The molecule has 0 spiro atoms. The lowest BCUT2D eigenvalue weighted by molar-refractivity contribution is 0.349. The van der Waals surface area contributed by atoms with E-state index in [9.17, 15) is 0 Å². The van der Waals surface area contributed by atoms with Gasteiger partial charge in [0.15, 0.2) is 0 Å². The third-order valence-electron chi connectivity index (χ3n) is 2.35. The Morgan fingerprint density at radius 2 is 1.62 bits per heavy atom. The van der Waals surface area contributed by atoms with Gasteiger partial charge < -0.3 is 5.73 Å². The van der Waals surface area contributed by atoms with Crippen LogP contribution in [0.2, 0.25) is 0 Å². The molecule has 0 aromatic heterocycles. The number of hydrogen-bond acceptors (Lipinski definition) is 1. The van der Waals surface area contributed by atoms with Gasteiger partial charge in [0.1, 0.15) is 0 Å². The summed E-state index contributed by atoms with van der Waals surface area (Å²) in [5, 5.41) is 0. The molecule has 0 aliphatic rings. The molecule has 0 saturated carbocycles. The van der Waals surface area contributed by atoms with Crippen molar-refractivity contribution in [3.05, 3.63) is 0 Å². The zero-order chi connectivity index (χ0) is 10.5. The Hall–Kier alpha value is -0.0400. The van der Waals surface area contributed by atoms with Gasteiger partial charge >= 0.3 is 0 Å². The summed E-state index contributed by atoms with van der Waals surface area (Å²) in [4.78, 5) is 0. The summed E-state index contributed by atoms with van der Waals surface area (Å²) in [5.41, 5.74) is 5.98. The lowest BCUT2D eigenvalue weighted by Crippen LogP contribution is -2.33. The first-order valence-corrected chi connectivity index (χ1v) is 5.60. The minimum Gasteiger partial charge on any atom is -0.326 e. The molecule has 1 unspecified atom stereocenters. The fourth-order valence-electron chi connectivity index (χ4n) is 1.87. The van der Waals surface area contributed by atoms with Crippen LogP contribution in [0.15, 0.2) is 0 Å². The van der Waals surface area contributed by atoms with Crippen LogP contribution in [0.3, 0.4) is 0 Å². The monoisotopic (exact) mass is 185 g/mol. The van der Waals surface area contributed by atoms with E-state index in [1.807, 2.05) is 0 Å². The fraction of sp³-hybridized carbons (Fsp3) is 1.00. The maximum absolute atomic E-state index is 5.97. The number of rotatable bonds is 6. The first-order valence-electron chi connectivity index (χ1n) is 5.60. The molecule has 1 heteroatoms. The first kappa shape index (κ1) is 13.0. The molecule has 0 aliphatic carbocycles. The van der Waals surface area contributed by atoms with Crippen LogP contribution in [0.5, 0.6) is 0 Å². The van der Waals surface area contributed by atoms with Gasteiger partial charge in [0, 0.05) is 5.54 Å². The van der Waals surface area contributed by atoms with E-state index in [2.05, 4.69) is 34.6 Å². The van der Waals surface area contributed by atoms with Crippen LogP contribution in [0.25, 0.3) is 0 Å². The summed E-state index contributed by atoms with van der Waals surface area (Å²) in [6.07, 6.45) is 5.19. The zero-order valence-electron chi connectivity index (χ0n) is 10.1. The van der Waals surface area contributed by atoms with Crippen molar-refractivity contribution in [1.29, 1.82) is 0 Å². The summed E-state index contributed by atoms with van der Waals surface area (Å²) in [7, 11) is 0. The van der Waals surface area contributed by atoms with Crippen molar-refractivity contribution in [3.8, 4) is 0 Å². The van der Waals surface area contributed by atoms with Crippen LogP contribution >= 0.6 is 0 Å². The quantitative estimate of drug-likeness (QED) is 0.672. The molecule has 0 aliphatic heterocycles. The summed E-state index contributed by atoms with van der Waals surface area (Å²) >= 11 is 0. The highest BCUT2D eigenvalue weighted by Gasteiger charge is 2.15. The molecule has 0 heterocycles. The predicted molar refractivity (Wildman–Crippen MR) is 60.7 cm³/mol. The molecule has 0 amide bonds. The summed E-state index contributed by atoms with van der Waals surface area (Å²) in [6, 6.07) is 0. The van der Waals surface area contributed by atoms with Crippen LogP contribution in [-0.2, 0) is 0 Å². The average Bonchev–Trinajstić information content (AvgIpc) is 1.81. The van der Waals surface area contributed by atoms with Crippen LogP contribution in [-0.4, -0.2) is 5.54 Å². The molecule has 80 valence electrons. The molecule has 2 N–H and O–H groups in total. The fourth-order valence-corrected chi connectivity index (χ4v) is 1.87. The molecular weight excluding hydrogens is 158 g/mol. The van der Waals surface area contributed by atoms with Crippen LogP contribution in [0.1, 0.15) is 60.3 Å². The van der Waals surface area contributed by atoms with E-state index < -0.39 is 0 Å². The highest BCUT2D eigenvalue weighted by atomic mass is 14.7. The molecule has 0 bridgehead atoms. The van der Waals surface area contributed by atoms with Gasteiger partial charge in [-0.05, 0) is 32.1 Å². The molecule has 0 radical (unpaired) electrons. The molecular formula is C12H27N. The van der Waals surface area contributed by atoms with Crippen molar-refractivity contribution >= 4 is 0 Å². The van der Waals surface area contributed by atoms with E-state index >= 15 is 0 Å². The predicted octanol–water partition coefficient (Wildman–Crippen LogP) is 3.58. The van der Waals surface area contributed by atoms with Crippen LogP contribution < -0.4 is 5.73 Å². The molecule has 0 rings (SSSR count). The highest BCUT2D eigenvalue weighted by molar-refractivity contribution is 4.74. The van der Waals surface area contributed by atoms with Gasteiger partial charge in [0.25, 0.3) is 0 Å². The highest BCUT2D eigenvalue weighted by Crippen LogP contribution is 2.19. The standard InChI is InChI=1S/C12H27N/c1-10(2)7-6-8-11(3)9-12(4,5)13/h10-11H,6-9,13H2,1-5H3. The third kappa shape index (κ3) is 9.88. The van der Waals surface area contributed by atoms with Crippen molar-refractivity contribution in [2.45, 2.75) is 65.8 Å². The normalized spacial score (nSPS) is 15.0. The van der Waals surface area contributed by atoms with E-state index in [1.165, 1.54) is 19.3 Å². The lowest BCUT2D eigenvalue weighted by atomic mass is 9.89. The van der Waals surface area contributed by atoms with Crippen molar-refractivity contribution in [2.24, 2.45) is 17.6 Å². The molecule has 0 fully saturated rings. The van der Waals surface area contributed by atoms with Gasteiger partial charge in [0.2, 0.25) is 0 Å². The van der Waals surface area contributed by atoms with E-state index in [0.717, 1.165) is 18.3 Å².